The van der Waals surface area contributed by atoms with Gasteiger partial charge in [-0.15, -0.1) is 0 Å². The lowest BCUT2D eigenvalue weighted by atomic mass is 10.2. The Morgan fingerprint density at radius 1 is 1.35 bits per heavy atom. The molecule has 17 heavy (non-hydrogen) atoms. The van der Waals surface area contributed by atoms with Crippen LogP contribution < -0.4 is 0 Å². The lowest BCUT2D eigenvalue weighted by molar-refractivity contribution is -0.138. The molecule has 3 rings (SSSR count). The van der Waals surface area contributed by atoms with Gasteiger partial charge >= 0.3 is 5.97 Å². The van der Waals surface area contributed by atoms with Gasteiger partial charge < -0.3 is 5.11 Å². The molecule has 2 heterocycles. The second-order valence-electron chi connectivity index (χ2n) is 3.77. The predicted octanol–water partition coefficient (Wildman–Crippen LogP) is 1.43. The molecule has 1 N–H and O–H groups in total. The number of carboxylic acids is 1. The van der Waals surface area contributed by atoms with E-state index in [2.05, 4.69) is 9.98 Å². The molecule has 1 atom stereocenters. The highest BCUT2D eigenvalue weighted by Crippen LogP contribution is 2.25. The first-order valence-electron chi connectivity index (χ1n) is 5.15. The Hall–Kier alpha value is -2.43. The minimum absolute atomic E-state index is 0.568. The molecule has 0 fully saturated rings. The van der Waals surface area contributed by atoms with E-state index in [4.69, 9.17) is 5.11 Å². The van der Waals surface area contributed by atoms with Crippen LogP contribution in [0.3, 0.4) is 0 Å². The Morgan fingerprint density at radius 3 is 3.00 bits per heavy atom. The summed E-state index contributed by atoms with van der Waals surface area (Å²) in [7, 11) is 0. The Kier molecular flexibility index (Phi) is 2.04. The van der Waals surface area contributed by atoms with Crippen LogP contribution in [0.15, 0.2) is 41.8 Å². The molecule has 84 valence electrons. The van der Waals surface area contributed by atoms with Gasteiger partial charge in [0.25, 0.3) is 0 Å². The van der Waals surface area contributed by atoms with E-state index >= 15 is 0 Å². The minimum atomic E-state index is -0.976. The third-order valence-corrected chi connectivity index (χ3v) is 2.74. The second kappa shape index (κ2) is 3.55. The zero-order chi connectivity index (χ0) is 11.8. The minimum Gasteiger partial charge on any atom is -0.479 e. The number of carbonyl (C=O) groups is 1. The lowest BCUT2D eigenvalue weighted by Gasteiger charge is -2.09. The zero-order valence-corrected chi connectivity index (χ0v) is 8.82. The van der Waals surface area contributed by atoms with Crippen LogP contribution in [0.25, 0.3) is 5.69 Å². The largest absolute Gasteiger partial charge is 0.479 e. The maximum atomic E-state index is 11.2. The number of rotatable bonds is 1. The Bertz CT molecular complexity index is 616. The number of aromatic nitrogens is 2. The normalized spacial score (nSPS) is 17.1. The van der Waals surface area contributed by atoms with E-state index in [1.165, 1.54) is 6.20 Å². The molecule has 0 aliphatic carbocycles. The van der Waals surface area contributed by atoms with Crippen LogP contribution in [-0.2, 0) is 4.79 Å². The van der Waals surface area contributed by atoms with Gasteiger partial charge in [0.2, 0.25) is 0 Å². The van der Waals surface area contributed by atoms with Gasteiger partial charge in [0.05, 0.1) is 23.9 Å². The van der Waals surface area contributed by atoms with E-state index in [1.807, 2.05) is 24.3 Å². The van der Waals surface area contributed by atoms with Crippen LogP contribution in [0.2, 0.25) is 0 Å². The van der Waals surface area contributed by atoms with Gasteiger partial charge in [0.1, 0.15) is 0 Å². The van der Waals surface area contributed by atoms with E-state index < -0.39 is 12.0 Å². The van der Waals surface area contributed by atoms with Crippen molar-refractivity contribution < 1.29 is 9.90 Å². The summed E-state index contributed by atoms with van der Waals surface area (Å²) >= 11 is 0. The summed E-state index contributed by atoms with van der Waals surface area (Å²) < 4.78 is 1.76. The summed E-state index contributed by atoms with van der Waals surface area (Å²) in [5.74, 6) is -0.976. The number of aliphatic carboxylic acids is 1. The van der Waals surface area contributed by atoms with Crippen molar-refractivity contribution in [3.63, 3.8) is 0 Å². The van der Waals surface area contributed by atoms with Crippen LogP contribution in [0, 0.1) is 0 Å². The number of imidazole rings is 1. The molecule has 1 aliphatic rings. The molecular formula is C12H9N3O2. The number of carboxylic acid groups (broad SMARTS) is 1. The Balaban J connectivity index is 2.28. The molecule has 1 aromatic carbocycles. The van der Waals surface area contributed by atoms with Crippen LogP contribution in [-0.4, -0.2) is 26.8 Å². The fourth-order valence-corrected chi connectivity index (χ4v) is 1.95. The third-order valence-electron chi connectivity index (χ3n) is 2.74. The molecule has 1 aliphatic heterocycles. The molecule has 0 saturated heterocycles. The summed E-state index contributed by atoms with van der Waals surface area (Å²) in [6, 6.07) is 6.70. The zero-order valence-electron chi connectivity index (χ0n) is 8.82. The second-order valence-corrected chi connectivity index (χ2v) is 3.77. The summed E-state index contributed by atoms with van der Waals surface area (Å²) in [5.41, 5.74) is 2.35. The first kappa shape index (κ1) is 9.77. The van der Waals surface area contributed by atoms with Crippen molar-refractivity contribution in [1.29, 1.82) is 0 Å². The first-order chi connectivity index (χ1) is 8.27. The smallest absolute Gasteiger partial charge is 0.334 e. The number of aliphatic imine (C=N–C) groups is 1. The number of fused-ring (bicyclic) bond motifs is 3. The monoisotopic (exact) mass is 227 g/mol. The predicted molar refractivity (Wildman–Crippen MR) is 61.5 cm³/mol. The molecule has 2 aromatic rings. The van der Waals surface area contributed by atoms with Crippen molar-refractivity contribution in [3.8, 4) is 5.69 Å². The number of para-hydroxylation sites is 1. The van der Waals surface area contributed by atoms with Crippen LogP contribution in [0.4, 0.5) is 0 Å². The van der Waals surface area contributed by atoms with Crippen molar-refractivity contribution >= 4 is 12.2 Å². The highest BCUT2D eigenvalue weighted by atomic mass is 16.4. The molecular weight excluding hydrogens is 218 g/mol. The van der Waals surface area contributed by atoms with Gasteiger partial charge in [-0.25, -0.2) is 9.78 Å². The van der Waals surface area contributed by atoms with Crippen LogP contribution in [0.5, 0.6) is 0 Å². The highest BCUT2D eigenvalue weighted by Gasteiger charge is 2.25. The molecule has 1 aromatic heterocycles. The number of hydrogen-bond donors (Lipinski definition) is 1. The van der Waals surface area contributed by atoms with E-state index in [0.29, 0.717) is 5.69 Å². The maximum absolute atomic E-state index is 11.2. The SMILES string of the molecule is O=C(O)C1N=Cc2ccccc2-n2cncc21. The fraction of sp³-hybridized carbons (Fsp3) is 0.0833. The summed E-state index contributed by atoms with van der Waals surface area (Å²) in [6.07, 6.45) is 4.75. The average molecular weight is 227 g/mol. The van der Waals surface area contributed by atoms with Gasteiger partial charge in [-0.1, -0.05) is 18.2 Å². The van der Waals surface area contributed by atoms with Crippen LogP contribution in [0.1, 0.15) is 17.3 Å². The lowest BCUT2D eigenvalue weighted by Crippen LogP contribution is -2.12. The van der Waals surface area contributed by atoms with Crippen molar-refractivity contribution in [2.75, 3.05) is 0 Å². The first-order valence-corrected chi connectivity index (χ1v) is 5.15. The van der Waals surface area contributed by atoms with Gasteiger partial charge in [0, 0.05) is 11.8 Å². The molecule has 1 unspecified atom stereocenters. The van der Waals surface area contributed by atoms with Crippen LogP contribution >= 0.6 is 0 Å². The fourth-order valence-electron chi connectivity index (χ4n) is 1.95. The van der Waals surface area contributed by atoms with E-state index in [1.54, 1.807) is 17.1 Å². The van der Waals surface area contributed by atoms with Gasteiger partial charge in [0.15, 0.2) is 6.04 Å². The number of benzene rings is 1. The quantitative estimate of drug-likeness (QED) is 0.801. The molecule has 5 nitrogen and oxygen atoms in total. The molecule has 0 bridgehead atoms. The standard InChI is InChI=1S/C12H9N3O2/c16-12(17)11-10-6-13-7-15(10)9-4-2-1-3-8(9)5-14-11/h1-7,11H,(H,16,17). The van der Waals surface area contributed by atoms with E-state index in [-0.39, 0.29) is 0 Å². The van der Waals surface area contributed by atoms with Crippen molar-refractivity contribution in [2.45, 2.75) is 6.04 Å². The topological polar surface area (TPSA) is 67.5 Å². The molecule has 0 saturated carbocycles. The van der Waals surface area contributed by atoms with Crippen molar-refractivity contribution in [3.05, 3.63) is 48.0 Å². The van der Waals surface area contributed by atoms with Gasteiger partial charge in [-0.3, -0.25) is 9.56 Å². The maximum Gasteiger partial charge on any atom is 0.334 e. The molecule has 0 amide bonds. The Morgan fingerprint density at radius 2 is 2.18 bits per heavy atom. The third kappa shape index (κ3) is 1.44. The summed E-state index contributed by atoms with van der Waals surface area (Å²) in [4.78, 5) is 19.3. The average Bonchev–Trinajstić information content (AvgIpc) is 2.73. The number of nitrogens with zero attached hydrogens (tertiary/aromatic N) is 3. The van der Waals surface area contributed by atoms with E-state index in [0.717, 1.165) is 11.3 Å². The highest BCUT2D eigenvalue weighted by molar-refractivity contribution is 5.89. The summed E-state index contributed by atoms with van der Waals surface area (Å²) in [5, 5.41) is 9.15. The Labute approximate surface area is 97.1 Å². The van der Waals surface area contributed by atoms with Gasteiger partial charge in [-0.05, 0) is 6.07 Å². The summed E-state index contributed by atoms with van der Waals surface area (Å²) in [6.45, 7) is 0. The molecule has 0 spiro atoms. The van der Waals surface area contributed by atoms with Crippen molar-refractivity contribution in [2.24, 2.45) is 4.99 Å². The van der Waals surface area contributed by atoms with Gasteiger partial charge in [-0.2, -0.15) is 0 Å². The van der Waals surface area contributed by atoms with E-state index in [9.17, 15) is 4.79 Å². The number of hydrogen-bond acceptors (Lipinski definition) is 3. The molecule has 5 heteroatoms. The van der Waals surface area contributed by atoms with Crippen molar-refractivity contribution in [1.82, 2.24) is 9.55 Å². The molecule has 0 radical (unpaired) electrons.